The number of carbonyl (C=O) groups is 3. The molecule has 24 heavy (non-hydrogen) atoms. The van der Waals surface area contributed by atoms with Crippen LogP contribution in [0.2, 0.25) is 0 Å². The van der Waals surface area contributed by atoms with E-state index in [0.717, 1.165) is 0 Å². The van der Waals surface area contributed by atoms with Crippen molar-refractivity contribution < 1.29 is 38.1 Å². The largest absolute Gasteiger partial charge is 0.469 e. The van der Waals surface area contributed by atoms with Crippen molar-refractivity contribution in [3.63, 3.8) is 0 Å². The zero-order chi connectivity index (χ0) is 17.5. The van der Waals surface area contributed by atoms with E-state index in [1.807, 2.05) is 0 Å². The monoisotopic (exact) mass is 342 g/mol. The number of methoxy groups -OCH3 is 2. The number of hydrogen-bond acceptors (Lipinski definition) is 8. The molecule has 8 nitrogen and oxygen atoms in total. The molecule has 134 valence electrons. The van der Waals surface area contributed by atoms with Crippen molar-refractivity contribution in [2.75, 3.05) is 20.8 Å². The third-order valence-corrected chi connectivity index (χ3v) is 5.42. The fourth-order valence-corrected chi connectivity index (χ4v) is 4.41. The van der Waals surface area contributed by atoms with Gasteiger partial charge in [-0.15, -0.1) is 0 Å². The van der Waals surface area contributed by atoms with Crippen LogP contribution in [0.1, 0.15) is 26.2 Å². The number of carbonyl (C=O) groups excluding carboxylic acids is 3. The highest BCUT2D eigenvalue weighted by atomic mass is 16.7. The molecular weight excluding hydrogens is 320 g/mol. The SMILES string of the molecule is COC(=O)C[C@H]1[C@H](OC(C)=O)[C@H]2CC(=O)OC[C@]23C[C@H]1OC3OC. The number of fused-ring (bicyclic) bond motifs is 1. The van der Waals surface area contributed by atoms with Crippen LogP contribution in [-0.4, -0.2) is 57.2 Å². The minimum absolute atomic E-state index is 0.0528. The summed E-state index contributed by atoms with van der Waals surface area (Å²) < 4.78 is 27.0. The molecule has 3 rings (SSSR count). The molecule has 0 N–H and O–H groups in total. The maximum absolute atomic E-state index is 11.9. The number of cyclic esters (lactones) is 1. The van der Waals surface area contributed by atoms with Crippen LogP contribution in [0.4, 0.5) is 0 Å². The van der Waals surface area contributed by atoms with E-state index in [0.29, 0.717) is 6.42 Å². The average molecular weight is 342 g/mol. The Morgan fingerprint density at radius 3 is 2.71 bits per heavy atom. The van der Waals surface area contributed by atoms with Gasteiger partial charge in [-0.1, -0.05) is 0 Å². The summed E-state index contributed by atoms with van der Waals surface area (Å²) in [5, 5.41) is 0. The molecule has 1 unspecified atom stereocenters. The molecule has 0 aromatic carbocycles. The Morgan fingerprint density at radius 1 is 1.33 bits per heavy atom. The summed E-state index contributed by atoms with van der Waals surface area (Å²) in [6.45, 7) is 1.47. The van der Waals surface area contributed by atoms with Crippen LogP contribution in [0.3, 0.4) is 0 Å². The second-order valence-corrected chi connectivity index (χ2v) is 6.67. The zero-order valence-electron chi connectivity index (χ0n) is 14.0. The van der Waals surface area contributed by atoms with Crippen molar-refractivity contribution in [3.8, 4) is 0 Å². The fourth-order valence-electron chi connectivity index (χ4n) is 4.41. The molecule has 0 aromatic rings. The van der Waals surface area contributed by atoms with Gasteiger partial charge >= 0.3 is 17.9 Å². The predicted molar refractivity (Wildman–Crippen MR) is 77.5 cm³/mol. The van der Waals surface area contributed by atoms with Gasteiger partial charge in [-0.3, -0.25) is 14.4 Å². The molecule has 2 aliphatic heterocycles. The molecule has 3 aliphatic rings. The lowest BCUT2D eigenvalue weighted by Crippen LogP contribution is -2.57. The number of rotatable bonds is 4. The topological polar surface area (TPSA) is 97.4 Å². The van der Waals surface area contributed by atoms with Crippen LogP contribution in [0.5, 0.6) is 0 Å². The van der Waals surface area contributed by atoms with Crippen molar-refractivity contribution in [3.05, 3.63) is 0 Å². The van der Waals surface area contributed by atoms with Crippen molar-refractivity contribution in [2.24, 2.45) is 17.3 Å². The van der Waals surface area contributed by atoms with Crippen LogP contribution in [-0.2, 0) is 38.1 Å². The number of ether oxygens (including phenoxy) is 5. The second kappa shape index (κ2) is 6.33. The van der Waals surface area contributed by atoms with Gasteiger partial charge in [-0.25, -0.2) is 0 Å². The highest BCUT2D eigenvalue weighted by Crippen LogP contribution is 2.58. The van der Waals surface area contributed by atoms with Gasteiger partial charge in [-0.05, 0) is 6.42 Å². The molecule has 1 aliphatic carbocycles. The van der Waals surface area contributed by atoms with Crippen LogP contribution < -0.4 is 0 Å². The first-order valence-electron chi connectivity index (χ1n) is 7.99. The van der Waals surface area contributed by atoms with Gasteiger partial charge < -0.3 is 23.7 Å². The first kappa shape index (κ1) is 17.2. The lowest BCUT2D eigenvalue weighted by molar-refractivity contribution is -0.208. The van der Waals surface area contributed by atoms with Gasteiger partial charge in [0.1, 0.15) is 12.7 Å². The van der Waals surface area contributed by atoms with E-state index < -0.39 is 29.7 Å². The molecule has 3 fully saturated rings. The van der Waals surface area contributed by atoms with Crippen LogP contribution in [0, 0.1) is 17.3 Å². The molecule has 0 amide bonds. The first-order valence-corrected chi connectivity index (χ1v) is 7.99. The van der Waals surface area contributed by atoms with Crippen LogP contribution >= 0.6 is 0 Å². The van der Waals surface area contributed by atoms with Crippen LogP contribution in [0.25, 0.3) is 0 Å². The molecule has 6 atom stereocenters. The third kappa shape index (κ3) is 2.67. The normalized spacial score (nSPS) is 40.5. The Morgan fingerprint density at radius 2 is 2.08 bits per heavy atom. The van der Waals surface area contributed by atoms with Gasteiger partial charge in [0.25, 0.3) is 0 Å². The summed E-state index contributed by atoms with van der Waals surface area (Å²) in [5.74, 6) is -1.92. The summed E-state index contributed by atoms with van der Waals surface area (Å²) >= 11 is 0. The average Bonchev–Trinajstić information content (AvgIpc) is 2.87. The predicted octanol–water partition coefficient (Wildman–Crippen LogP) is 0.422. The molecule has 1 spiro atoms. The second-order valence-electron chi connectivity index (χ2n) is 6.67. The summed E-state index contributed by atoms with van der Waals surface area (Å²) in [6.07, 6.45) is -0.771. The van der Waals surface area contributed by atoms with Gasteiger partial charge in [0.05, 0.1) is 31.5 Å². The smallest absolute Gasteiger partial charge is 0.306 e. The minimum atomic E-state index is -0.617. The van der Waals surface area contributed by atoms with E-state index in [4.69, 9.17) is 23.7 Å². The lowest BCUT2D eigenvalue weighted by Gasteiger charge is -2.49. The summed E-state index contributed by atoms with van der Waals surface area (Å²) in [4.78, 5) is 35.3. The van der Waals surface area contributed by atoms with Gasteiger partial charge in [0.2, 0.25) is 0 Å². The Hall–Kier alpha value is -1.67. The maximum atomic E-state index is 11.9. The Bertz CT molecular complexity index is 546. The van der Waals surface area contributed by atoms with E-state index in [-0.39, 0.29) is 43.4 Å². The van der Waals surface area contributed by atoms with Crippen LogP contribution in [0.15, 0.2) is 0 Å². The quantitative estimate of drug-likeness (QED) is 0.536. The van der Waals surface area contributed by atoms with Gasteiger partial charge in [0.15, 0.2) is 6.29 Å². The van der Waals surface area contributed by atoms with Crippen molar-refractivity contribution in [2.45, 2.75) is 44.7 Å². The summed E-state index contributed by atoms with van der Waals surface area (Å²) in [5.41, 5.74) is -0.555. The van der Waals surface area contributed by atoms with Crippen molar-refractivity contribution >= 4 is 17.9 Å². The van der Waals surface area contributed by atoms with E-state index >= 15 is 0 Å². The number of esters is 3. The fraction of sp³-hybridized carbons (Fsp3) is 0.812. The molecule has 2 bridgehead atoms. The zero-order valence-corrected chi connectivity index (χ0v) is 14.0. The van der Waals surface area contributed by atoms with Crippen molar-refractivity contribution in [1.29, 1.82) is 0 Å². The van der Waals surface area contributed by atoms with E-state index in [1.165, 1.54) is 21.1 Å². The molecule has 8 heteroatoms. The highest BCUT2D eigenvalue weighted by Gasteiger charge is 2.66. The Balaban J connectivity index is 1.97. The third-order valence-electron chi connectivity index (χ3n) is 5.42. The Labute approximate surface area is 139 Å². The molecule has 2 heterocycles. The molecule has 0 radical (unpaired) electrons. The number of hydrogen-bond donors (Lipinski definition) is 0. The van der Waals surface area contributed by atoms with Gasteiger partial charge in [-0.2, -0.15) is 0 Å². The van der Waals surface area contributed by atoms with E-state index in [1.54, 1.807) is 0 Å². The van der Waals surface area contributed by atoms with E-state index in [9.17, 15) is 14.4 Å². The minimum Gasteiger partial charge on any atom is -0.469 e. The standard InChI is InChI=1S/C16H22O8/c1-8(17)23-14-9(4-12(18)20-2)11-6-16(15(21-3)24-11)7-22-13(19)5-10(14)16/h9-11,14-15H,4-7H2,1-3H3/t9-,10-,11-,14+,15?,16-/m1/s1. The van der Waals surface area contributed by atoms with Gasteiger partial charge in [0, 0.05) is 25.9 Å². The first-order chi connectivity index (χ1) is 11.4. The molecule has 0 aromatic heterocycles. The maximum Gasteiger partial charge on any atom is 0.306 e. The molecule has 1 saturated carbocycles. The van der Waals surface area contributed by atoms with Crippen molar-refractivity contribution in [1.82, 2.24) is 0 Å². The summed E-state index contributed by atoms with van der Waals surface area (Å²) in [7, 11) is 2.84. The summed E-state index contributed by atoms with van der Waals surface area (Å²) in [6, 6.07) is 0. The Kier molecular flexibility index (Phi) is 4.52. The lowest BCUT2D eigenvalue weighted by atomic mass is 9.59. The molecular formula is C16H22O8. The molecule has 2 saturated heterocycles. The van der Waals surface area contributed by atoms with E-state index in [2.05, 4.69) is 0 Å². The highest BCUT2D eigenvalue weighted by molar-refractivity contribution is 5.72.